The molecule has 0 spiro atoms. The fourth-order valence-corrected chi connectivity index (χ4v) is 9.09. The van der Waals surface area contributed by atoms with Gasteiger partial charge in [0.2, 0.25) is 11.0 Å². The predicted molar refractivity (Wildman–Crippen MR) is 197 cm³/mol. The van der Waals surface area contributed by atoms with Crippen molar-refractivity contribution >= 4 is 55.1 Å². The van der Waals surface area contributed by atoms with E-state index in [2.05, 4.69) is 91.8 Å². The van der Waals surface area contributed by atoms with E-state index in [1.54, 1.807) is 12.1 Å². The van der Waals surface area contributed by atoms with Gasteiger partial charge in [0.15, 0.2) is 6.54 Å². The molecule has 0 atom stereocenters. The SMILES string of the molecule is CC1(C)CN(CCCCCC(=O)O)c2c1c1c(c3ccccc23)C=c2c(c3c(c4ccccc24)=[N+](c2ccc(S(=O)(=O)O)cc2)CC3(C)C)O1. The van der Waals surface area contributed by atoms with Crippen molar-refractivity contribution < 1.29 is 27.6 Å². The smallest absolute Gasteiger partial charge is 0.303 e. The molecule has 8 rings (SSSR count). The van der Waals surface area contributed by atoms with E-state index in [0.717, 1.165) is 81.0 Å². The number of anilines is 1. The maximum absolute atomic E-state index is 11.8. The number of carbonyl (C=O) groups is 1. The third-order valence-corrected chi connectivity index (χ3v) is 11.6. The number of carboxylic acids is 1. The summed E-state index contributed by atoms with van der Waals surface area (Å²) in [6.07, 6.45) is 4.98. The van der Waals surface area contributed by atoms with Crippen LogP contribution >= 0.6 is 0 Å². The first-order valence-corrected chi connectivity index (χ1v) is 18.7. The largest absolute Gasteiger partial charge is 0.481 e. The second kappa shape index (κ2) is 11.4. The van der Waals surface area contributed by atoms with Crippen LogP contribution in [0.25, 0.3) is 27.6 Å². The molecule has 3 aliphatic rings. The molecule has 5 aromatic rings. The van der Waals surface area contributed by atoms with Gasteiger partial charge in [-0.05, 0) is 61.7 Å². The van der Waals surface area contributed by atoms with Gasteiger partial charge in [-0.3, -0.25) is 9.35 Å². The lowest BCUT2D eigenvalue weighted by molar-refractivity contribution is -0.137. The van der Waals surface area contributed by atoms with Crippen LogP contribution in [-0.4, -0.2) is 43.7 Å². The molecule has 0 saturated carbocycles. The van der Waals surface area contributed by atoms with Crippen molar-refractivity contribution in [3.63, 3.8) is 0 Å². The molecule has 50 heavy (non-hydrogen) atoms. The molecule has 2 N–H and O–H groups in total. The lowest BCUT2D eigenvalue weighted by Crippen LogP contribution is -2.30. The van der Waals surface area contributed by atoms with Crippen molar-refractivity contribution in [1.82, 2.24) is 4.58 Å². The molecule has 8 nitrogen and oxygen atoms in total. The summed E-state index contributed by atoms with van der Waals surface area (Å²) in [4.78, 5) is 13.4. The Morgan fingerprint density at radius 3 is 2.16 bits per heavy atom. The summed E-state index contributed by atoms with van der Waals surface area (Å²) in [6.45, 7) is 11.4. The summed E-state index contributed by atoms with van der Waals surface area (Å²) >= 11 is 0. The van der Waals surface area contributed by atoms with Crippen LogP contribution in [0, 0.1) is 0 Å². The third kappa shape index (κ3) is 5.09. The molecule has 0 fully saturated rings. The van der Waals surface area contributed by atoms with Crippen LogP contribution in [0.4, 0.5) is 11.4 Å². The summed E-state index contributed by atoms with van der Waals surface area (Å²) < 4.78 is 42.9. The number of rotatable bonds is 8. The number of unbranched alkanes of at least 4 members (excludes halogenated alkanes) is 2. The van der Waals surface area contributed by atoms with E-state index in [0.29, 0.717) is 13.0 Å². The Morgan fingerprint density at radius 1 is 0.820 bits per heavy atom. The average molecular weight is 690 g/mol. The highest BCUT2D eigenvalue weighted by molar-refractivity contribution is 7.85. The van der Waals surface area contributed by atoms with Gasteiger partial charge >= 0.3 is 5.97 Å². The Kier molecular flexibility index (Phi) is 7.40. The number of hydrogen-bond acceptors (Lipinski definition) is 5. The van der Waals surface area contributed by atoms with E-state index in [1.807, 2.05) is 0 Å². The van der Waals surface area contributed by atoms with Crippen LogP contribution in [0.5, 0.6) is 11.5 Å². The van der Waals surface area contributed by atoms with Crippen molar-refractivity contribution in [2.24, 2.45) is 0 Å². The second-order valence-corrected chi connectivity index (χ2v) is 16.6. The van der Waals surface area contributed by atoms with E-state index < -0.39 is 16.1 Å². The first kappa shape index (κ1) is 32.5. The number of carboxylic acid groups (broad SMARTS) is 1. The lowest BCUT2D eigenvalue weighted by Gasteiger charge is -2.28. The minimum Gasteiger partial charge on any atom is -0.481 e. The Morgan fingerprint density at radius 2 is 1.48 bits per heavy atom. The average Bonchev–Trinajstić information content (AvgIpc) is 3.52. The zero-order chi connectivity index (χ0) is 35.2. The Hall–Kier alpha value is -4.73. The molecular formula is C41H41N2O6S+. The van der Waals surface area contributed by atoms with Gasteiger partial charge < -0.3 is 14.7 Å². The highest BCUT2D eigenvalue weighted by Crippen LogP contribution is 2.54. The summed E-state index contributed by atoms with van der Waals surface area (Å²) in [7, 11) is -4.31. The van der Waals surface area contributed by atoms with Crippen molar-refractivity contribution in [3.8, 4) is 11.5 Å². The van der Waals surface area contributed by atoms with Gasteiger partial charge in [-0.1, -0.05) is 62.7 Å². The molecule has 0 bridgehead atoms. The van der Waals surface area contributed by atoms with Crippen molar-refractivity contribution in [2.75, 3.05) is 24.5 Å². The maximum atomic E-state index is 11.8. The summed E-state index contributed by atoms with van der Waals surface area (Å²) in [5, 5.41) is 15.7. The topological polar surface area (TPSA) is 107 Å². The van der Waals surface area contributed by atoms with Crippen LogP contribution < -0.4 is 24.8 Å². The van der Waals surface area contributed by atoms with Crippen LogP contribution in [0.3, 0.4) is 0 Å². The second-order valence-electron chi connectivity index (χ2n) is 15.2. The minimum absolute atomic E-state index is 0.136. The molecule has 0 radical (unpaired) electrons. The summed E-state index contributed by atoms with van der Waals surface area (Å²) in [6, 6.07) is 23.4. The predicted octanol–water partition coefficient (Wildman–Crippen LogP) is 7.03. The van der Waals surface area contributed by atoms with E-state index in [4.69, 9.17) is 9.84 Å². The first-order valence-electron chi connectivity index (χ1n) is 17.3. The Balaban J connectivity index is 1.37. The van der Waals surface area contributed by atoms with Gasteiger partial charge in [-0.15, -0.1) is 0 Å². The molecule has 0 aliphatic carbocycles. The van der Waals surface area contributed by atoms with Crippen LogP contribution in [0.2, 0.25) is 0 Å². The van der Waals surface area contributed by atoms with E-state index >= 15 is 0 Å². The van der Waals surface area contributed by atoms with E-state index in [1.165, 1.54) is 28.8 Å². The number of fused-ring (bicyclic) bond motifs is 12. The number of aliphatic carboxylic acids is 1. The van der Waals surface area contributed by atoms with Gasteiger partial charge in [0.25, 0.3) is 10.1 Å². The number of ether oxygens (including phenoxy) is 1. The van der Waals surface area contributed by atoms with Crippen LogP contribution in [0.15, 0.2) is 77.7 Å². The monoisotopic (exact) mass is 689 g/mol. The quantitative estimate of drug-likeness (QED) is 0.100. The standard InChI is InChI=1S/C41H40N2O6S/c1-40(2)23-42(21-11-5-6-16-33(44)45)36-29-14-9-7-12-27(29)31-22-32-28-13-8-10-15-30(28)37-35(39(32)49-38(31)34(36)40)41(3,4)24-43(37)25-17-19-26(20-18-25)50(46,47)48/h7-10,12-15,17-20,22H,5-6,11,16,21,23-24H2,1-4H3,(H-,44,45,46,47,48)/p+1. The summed E-state index contributed by atoms with van der Waals surface area (Å²) in [5.41, 5.74) is 4.91. The molecule has 0 amide bonds. The molecule has 5 aromatic carbocycles. The molecule has 256 valence electrons. The molecule has 9 heteroatoms. The molecule has 3 heterocycles. The fourth-order valence-electron chi connectivity index (χ4n) is 8.61. The zero-order valence-electron chi connectivity index (χ0n) is 28.8. The molecule has 0 aromatic heterocycles. The van der Waals surface area contributed by atoms with Gasteiger partial charge in [0.05, 0.1) is 26.9 Å². The fraction of sp³-hybridized carbons (Fsp3) is 0.317. The lowest BCUT2D eigenvalue weighted by atomic mass is 9.81. The van der Waals surface area contributed by atoms with E-state index in [-0.39, 0.29) is 22.1 Å². The highest BCUT2D eigenvalue weighted by Gasteiger charge is 2.45. The minimum atomic E-state index is -4.31. The normalized spacial score (nSPS) is 16.8. The van der Waals surface area contributed by atoms with Gasteiger partial charge in [-0.2, -0.15) is 13.0 Å². The summed E-state index contributed by atoms with van der Waals surface area (Å²) in [5.74, 6) is 1.01. The zero-order valence-corrected chi connectivity index (χ0v) is 29.6. The Bertz CT molecular complexity index is 2500. The van der Waals surface area contributed by atoms with E-state index in [9.17, 15) is 17.8 Å². The van der Waals surface area contributed by atoms with Gasteiger partial charge in [0.1, 0.15) is 11.5 Å². The Labute approximate surface area is 291 Å². The van der Waals surface area contributed by atoms with Crippen molar-refractivity contribution in [2.45, 2.75) is 69.1 Å². The number of nitrogens with zero attached hydrogens (tertiary/aromatic N) is 2. The molecule has 3 aliphatic heterocycles. The molecule has 0 unspecified atom stereocenters. The molecule has 0 saturated heterocycles. The number of benzene rings is 5. The van der Waals surface area contributed by atoms with Crippen molar-refractivity contribution in [1.29, 1.82) is 0 Å². The van der Waals surface area contributed by atoms with Crippen LogP contribution in [0.1, 0.15) is 70.1 Å². The third-order valence-electron chi connectivity index (χ3n) is 10.7. The maximum Gasteiger partial charge on any atom is 0.303 e. The van der Waals surface area contributed by atoms with Crippen molar-refractivity contribution in [3.05, 3.63) is 100 Å². The number of hydrogen-bond donors (Lipinski definition) is 2. The molecular weight excluding hydrogens is 649 g/mol. The first-order chi connectivity index (χ1) is 23.8. The van der Waals surface area contributed by atoms with Gasteiger partial charge in [-0.25, -0.2) is 0 Å². The highest BCUT2D eigenvalue weighted by atomic mass is 32.2. The van der Waals surface area contributed by atoms with Crippen LogP contribution in [-0.2, 0) is 25.7 Å². The van der Waals surface area contributed by atoms with Gasteiger partial charge in [0, 0.05) is 58.8 Å².